The molecule has 0 spiro atoms. The first-order chi connectivity index (χ1) is 10.9. The first-order valence-corrected chi connectivity index (χ1v) is 8.86. The molecule has 0 bridgehead atoms. The molecule has 22 heavy (non-hydrogen) atoms. The number of aryl methyl sites for hydroxylation is 1. The lowest BCUT2D eigenvalue weighted by Gasteiger charge is -2.04. The van der Waals surface area contributed by atoms with E-state index in [1.165, 1.54) is 62.4 Å². The van der Waals surface area contributed by atoms with Gasteiger partial charge in [-0.25, -0.2) is 0 Å². The lowest BCUT2D eigenvalue weighted by Crippen LogP contribution is -1.91. The summed E-state index contributed by atoms with van der Waals surface area (Å²) in [4.78, 5) is 4.73. The summed E-state index contributed by atoms with van der Waals surface area (Å²) in [6.45, 7) is 0.350. The highest BCUT2D eigenvalue weighted by atomic mass is 16.2. The molecule has 0 amide bonds. The van der Waals surface area contributed by atoms with Gasteiger partial charge in [0.05, 0.1) is 5.52 Å². The molecule has 1 N–H and O–H groups in total. The van der Waals surface area contributed by atoms with Crippen LogP contribution in [0.3, 0.4) is 0 Å². The molecule has 0 aliphatic rings. The number of para-hydroxylation sites is 1. The second-order valence-electron chi connectivity index (χ2n) is 6.15. The Morgan fingerprint density at radius 2 is 1.32 bits per heavy atom. The third-order valence-electron chi connectivity index (χ3n) is 4.25. The summed E-state index contributed by atoms with van der Waals surface area (Å²) >= 11 is 0. The molecule has 2 rings (SSSR count). The minimum absolute atomic E-state index is 0.350. The molecule has 0 fully saturated rings. The van der Waals surface area contributed by atoms with Gasteiger partial charge in [0.1, 0.15) is 0 Å². The predicted octanol–water partition coefficient (Wildman–Crippen LogP) is 5.28. The van der Waals surface area contributed by atoms with Gasteiger partial charge in [-0.05, 0) is 31.4 Å². The van der Waals surface area contributed by atoms with Crippen LogP contribution in [0.2, 0.25) is 0 Å². The van der Waals surface area contributed by atoms with E-state index >= 15 is 0 Å². The summed E-state index contributed by atoms with van der Waals surface area (Å²) in [5.41, 5.74) is 2.34. The van der Waals surface area contributed by atoms with E-state index in [1.54, 1.807) is 0 Å². The fourth-order valence-electron chi connectivity index (χ4n) is 2.90. The van der Waals surface area contributed by atoms with Gasteiger partial charge >= 0.3 is 0 Å². The number of hydrogen-bond acceptors (Lipinski definition) is 2. The van der Waals surface area contributed by atoms with Crippen molar-refractivity contribution in [2.45, 2.75) is 64.2 Å². The van der Waals surface area contributed by atoms with Gasteiger partial charge in [0.2, 0.25) is 0 Å². The van der Waals surface area contributed by atoms with E-state index in [2.05, 4.69) is 36.4 Å². The second kappa shape index (κ2) is 10.3. The van der Waals surface area contributed by atoms with Gasteiger partial charge in [0.15, 0.2) is 0 Å². The van der Waals surface area contributed by atoms with Crippen molar-refractivity contribution in [2.75, 3.05) is 6.61 Å². The zero-order valence-corrected chi connectivity index (χ0v) is 13.6. The Morgan fingerprint density at radius 1 is 0.682 bits per heavy atom. The zero-order valence-electron chi connectivity index (χ0n) is 13.6. The van der Waals surface area contributed by atoms with Gasteiger partial charge in [-0.1, -0.05) is 69.2 Å². The minimum Gasteiger partial charge on any atom is -0.396 e. The molecule has 0 aliphatic heterocycles. The summed E-state index contributed by atoms with van der Waals surface area (Å²) in [5.74, 6) is 0. The SMILES string of the molecule is OCCCCCCCCCCCc1ccc2ccccc2n1. The summed E-state index contributed by atoms with van der Waals surface area (Å²) in [6, 6.07) is 12.7. The fraction of sp³-hybridized carbons (Fsp3) is 0.550. The number of benzene rings is 1. The summed E-state index contributed by atoms with van der Waals surface area (Å²) in [5, 5.41) is 9.94. The maximum Gasteiger partial charge on any atom is 0.0705 e. The van der Waals surface area contributed by atoms with Gasteiger partial charge in [0, 0.05) is 17.7 Å². The van der Waals surface area contributed by atoms with Crippen molar-refractivity contribution in [2.24, 2.45) is 0 Å². The smallest absolute Gasteiger partial charge is 0.0705 e. The summed E-state index contributed by atoms with van der Waals surface area (Å²) in [7, 11) is 0. The van der Waals surface area contributed by atoms with Gasteiger partial charge in [-0.3, -0.25) is 4.98 Å². The topological polar surface area (TPSA) is 33.1 Å². The van der Waals surface area contributed by atoms with Crippen LogP contribution >= 0.6 is 0 Å². The van der Waals surface area contributed by atoms with Crippen LogP contribution in [0, 0.1) is 0 Å². The highest BCUT2D eigenvalue weighted by Gasteiger charge is 1.98. The van der Waals surface area contributed by atoms with E-state index in [9.17, 15) is 0 Å². The van der Waals surface area contributed by atoms with E-state index < -0.39 is 0 Å². The highest BCUT2D eigenvalue weighted by Crippen LogP contribution is 2.14. The zero-order chi connectivity index (χ0) is 15.5. The van der Waals surface area contributed by atoms with E-state index in [0.29, 0.717) is 6.61 Å². The molecular weight excluding hydrogens is 270 g/mol. The van der Waals surface area contributed by atoms with Gasteiger partial charge in [0.25, 0.3) is 0 Å². The molecule has 0 saturated heterocycles. The third-order valence-corrected chi connectivity index (χ3v) is 4.25. The van der Waals surface area contributed by atoms with E-state index in [1.807, 2.05) is 0 Å². The van der Waals surface area contributed by atoms with Crippen molar-refractivity contribution >= 4 is 10.9 Å². The molecule has 0 radical (unpaired) electrons. The number of aromatic nitrogens is 1. The Kier molecular flexibility index (Phi) is 7.97. The number of nitrogens with zero attached hydrogens (tertiary/aromatic N) is 1. The maximum absolute atomic E-state index is 8.71. The van der Waals surface area contributed by atoms with Crippen LogP contribution in [-0.4, -0.2) is 16.7 Å². The van der Waals surface area contributed by atoms with Crippen molar-refractivity contribution in [1.29, 1.82) is 0 Å². The molecule has 2 heteroatoms. The summed E-state index contributed by atoms with van der Waals surface area (Å²) in [6.07, 6.45) is 12.5. The molecule has 120 valence electrons. The van der Waals surface area contributed by atoms with E-state index in [-0.39, 0.29) is 0 Å². The van der Waals surface area contributed by atoms with Gasteiger partial charge < -0.3 is 5.11 Å². The largest absolute Gasteiger partial charge is 0.396 e. The average Bonchev–Trinajstić information content (AvgIpc) is 2.56. The number of rotatable bonds is 11. The van der Waals surface area contributed by atoms with Gasteiger partial charge in [-0.2, -0.15) is 0 Å². The molecule has 2 aromatic rings. The number of fused-ring (bicyclic) bond motifs is 1. The maximum atomic E-state index is 8.71. The molecule has 0 saturated carbocycles. The summed E-state index contributed by atoms with van der Waals surface area (Å²) < 4.78 is 0. The first kappa shape index (κ1) is 17.0. The van der Waals surface area contributed by atoms with E-state index in [0.717, 1.165) is 18.4 Å². The molecule has 0 unspecified atom stereocenters. The van der Waals surface area contributed by atoms with Crippen LogP contribution < -0.4 is 0 Å². The molecule has 1 aromatic carbocycles. The lowest BCUT2D eigenvalue weighted by molar-refractivity contribution is 0.282. The molecule has 2 nitrogen and oxygen atoms in total. The first-order valence-electron chi connectivity index (χ1n) is 8.86. The Morgan fingerprint density at radius 3 is 2.05 bits per heavy atom. The highest BCUT2D eigenvalue weighted by molar-refractivity contribution is 5.78. The van der Waals surface area contributed by atoms with Crippen molar-refractivity contribution < 1.29 is 5.11 Å². The normalized spacial score (nSPS) is 11.1. The molecule has 0 aliphatic carbocycles. The Labute approximate surface area is 134 Å². The lowest BCUT2D eigenvalue weighted by atomic mass is 10.1. The third kappa shape index (κ3) is 6.15. The minimum atomic E-state index is 0.350. The average molecular weight is 299 g/mol. The van der Waals surface area contributed by atoms with Crippen molar-refractivity contribution in [1.82, 2.24) is 4.98 Å². The van der Waals surface area contributed by atoms with Crippen molar-refractivity contribution in [3.05, 3.63) is 42.1 Å². The van der Waals surface area contributed by atoms with Crippen LogP contribution in [0.1, 0.15) is 63.5 Å². The second-order valence-corrected chi connectivity index (χ2v) is 6.15. The standard InChI is InChI=1S/C20H29NO/c22-17-11-7-5-3-1-2-4-6-8-13-19-16-15-18-12-9-10-14-20(18)21-19/h9-10,12,14-16,22H,1-8,11,13,17H2. The van der Waals surface area contributed by atoms with Crippen LogP contribution in [0.15, 0.2) is 36.4 Å². The fourth-order valence-corrected chi connectivity index (χ4v) is 2.90. The van der Waals surface area contributed by atoms with Crippen LogP contribution in [-0.2, 0) is 6.42 Å². The van der Waals surface area contributed by atoms with Crippen LogP contribution in [0.25, 0.3) is 10.9 Å². The predicted molar refractivity (Wildman–Crippen MR) is 94.1 cm³/mol. The number of aliphatic hydroxyl groups is 1. The van der Waals surface area contributed by atoms with Crippen LogP contribution in [0.5, 0.6) is 0 Å². The van der Waals surface area contributed by atoms with Crippen LogP contribution in [0.4, 0.5) is 0 Å². The number of unbranched alkanes of at least 4 members (excludes halogenated alkanes) is 8. The Bertz CT molecular complexity index is 538. The molecule has 0 atom stereocenters. The number of hydrogen-bond donors (Lipinski definition) is 1. The molecule has 1 heterocycles. The van der Waals surface area contributed by atoms with Gasteiger partial charge in [-0.15, -0.1) is 0 Å². The van der Waals surface area contributed by atoms with E-state index in [4.69, 9.17) is 10.1 Å². The number of pyridine rings is 1. The Hall–Kier alpha value is -1.41. The Balaban J connectivity index is 1.54. The molecular formula is C20H29NO. The van der Waals surface area contributed by atoms with Crippen molar-refractivity contribution in [3.63, 3.8) is 0 Å². The number of aliphatic hydroxyl groups excluding tert-OH is 1. The van der Waals surface area contributed by atoms with Crippen molar-refractivity contribution in [3.8, 4) is 0 Å². The monoisotopic (exact) mass is 299 g/mol. The quantitative estimate of drug-likeness (QED) is 0.573. The molecule has 1 aromatic heterocycles.